The normalized spacial score (nSPS) is 13.6. The highest BCUT2D eigenvalue weighted by molar-refractivity contribution is 5.94. The van der Waals surface area contributed by atoms with E-state index >= 15 is 0 Å². The zero-order valence-corrected chi connectivity index (χ0v) is 16.6. The summed E-state index contributed by atoms with van der Waals surface area (Å²) in [4.78, 5) is 33.8. The number of aromatic nitrogens is 2. The molecule has 2 heterocycles. The van der Waals surface area contributed by atoms with E-state index in [4.69, 9.17) is 9.47 Å². The van der Waals surface area contributed by atoms with Crippen molar-refractivity contribution in [2.45, 2.75) is 26.2 Å². The van der Waals surface area contributed by atoms with Gasteiger partial charge in [0.05, 0.1) is 6.54 Å². The molecule has 0 aliphatic carbocycles. The van der Waals surface area contributed by atoms with E-state index in [2.05, 4.69) is 20.2 Å². The topological polar surface area (TPSA) is 93.7 Å². The number of hydrogen-bond acceptors (Lipinski definition) is 7. The van der Waals surface area contributed by atoms with E-state index in [1.165, 1.54) is 32.5 Å². The summed E-state index contributed by atoms with van der Waals surface area (Å²) in [6.45, 7) is 4.05. The minimum Gasteiger partial charge on any atom is -0.484 e. The first kappa shape index (κ1) is 20.6. The van der Waals surface area contributed by atoms with Gasteiger partial charge in [-0.3, -0.25) is 9.59 Å². The fraction of sp³-hybridized carbons (Fsp3) is 0.429. The zero-order valence-electron chi connectivity index (χ0n) is 16.6. The van der Waals surface area contributed by atoms with Gasteiger partial charge in [0.2, 0.25) is 5.88 Å². The Bertz CT molecular complexity index is 820. The summed E-state index contributed by atoms with van der Waals surface area (Å²) in [6.07, 6.45) is 5.12. The van der Waals surface area contributed by atoms with Crippen LogP contribution in [0.1, 0.15) is 36.5 Å². The van der Waals surface area contributed by atoms with Crippen LogP contribution in [0.3, 0.4) is 0 Å². The van der Waals surface area contributed by atoms with Crippen molar-refractivity contribution < 1.29 is 19.1 Å². The van der Waals surface area contributed by atoms with Crippen molar-refractivity contribution in [2.24, 2.45) is 0 Å². The van der Waals surface area contributed by atoms with Crippen LogP contribution in [0.4, 0.5) is 5.82 Å². The second-order valence-corrected chi connectivity index (χ2v) is 6.83. The van der Waals surface area contributed by atoms with Crippen LogP contribution in [-0.4, -0.2) is 54.5 Å². The lowest BCUT2D eigenvalue weighted by Crippen LogP contribution is -2.32. The van der Waals surface area contributed by atoms with Crippen molar-refractivity contribution in [3.63, 3.8) is 0 Å². The summed E-state index contributed by atoms with van der Waals surface area (Å²) in [6, 6.07) is 8.51. The van der Waals surface area contributed by atoms with Crippen LogP contribution in [0.5, 0.6) is 11.6 Å². The number of carbonyl (C=O) groups is 2. The van der Waals surface area contributed by atoms with E-state index in [9.17, 15) is 9.59 Å². The van der Waals surface area contributed by atoms with Gasteiger partial charge in [0, 0.05) is 24.7 Å². The number of amides is 1. The first-order valence-electron chi connectivity index (χ1n) is 9.82. The fourth-order valence-electron chi connectivity index (χ4n) is 3.04. The van der Waals surface area contributed by atoms with Crippen molar-refractivity contribution in [1.82, 2.24) is 15.3 Å². The highest BCUT2D eigenvalue weighted by atomic mass is 16.5. The molecule has 0 spiro atoms. The average molecular weight is 398 g/mol. The highest BCUT2D eigenvalue weighted by Gasteiger charge is 2.13. The molecule has 0 radical (unpaired) electrons. The highest BCUT2D eigenvalue weighted by Crippen LogP contribution is 2.20. The third-order valence-corrected chi connectivity index (χ3v) is 4.61. The molecule has 0 bridgehead atoms. The summed E-state index contributed by atoms with van der Waals surface area (Å²) in [5.41, 5.74) is 0.604. The quantitative estimate of drug-likeness (QED) is 0.511. The molecule has 1 N–H and O–H groups in total. The Morgan fingerprint density at radius 1 is 1.07 bits per heavy atom. The predicted octanol–water partition coefficient (Wildman–Crippen LogP) is 2.24. The van der Waals surface area contributed by atoms with Gasteiger partial charge in [-0.2, -0.15) is 0 Å². The predicted molar refractivity (Wildman–Crippen MR) is 109 cm³/mol. The van der Waals surface area contributed by atoms with Crippen molar-refractivity contribution in [2.75, 3.05) is 37.7 Å². The molecule has 1 saturated heterocycles. The number of carbonyl (C=O) groups excluding carboxylic acids is 2. The fourth-order valence-corrected chi connectivity index (χ4v) is 3.04. The number of ether oxygens (including phenoxy) is 2. The molecule has 0 unspecified atom stereocenters. The molecule has 0 saturated carbocycles. The van der Waals surface area contributed by atoms with Crippen molar-refractivity contribution >= 4 is 17.5 Å². The van der Waals surface area contributed by atoms with Crippen LogP contribution < -0.4 is 19.7 Å². The lowest BCUT2D eigenvalue weighted by molar-refractivity contribution is -0.123. The Hall–Kier alpha value is -3.16. The number of nitrogens with one attached hydrogen (secondary N) is 1. The number of ketones is 1. The largest absolute Gasteiger partial charge is 0.484 e. The Morgan fingerprint density at radius 2 is 1.83 bits per heavy atom. The van der Waals surface area contributed by atoms with Gasteiger partial charge in [0.15, 0.2) is 12.4 Å². The molecule has 29 heavy (non-hydrogen) atoms. The Morgan fingerprint density at radius 3 is 2.55 bits per heavy atom. The molecule has 8 heteroatoms. The summed E-state index contributed by atoms with van der Waals surface area (Å²) >= 11 is 0. The third-order valence-electron chi connectivity index (χ3n) is 4.61. The molecule has 154 valence electrons. The molecule has 0 atom stereocenters. The maximum absolute atomic E-state index is 11.9. The van der Waals surface area contributed by atoms with Gasteiger partial charge >= 0.3 is 0 Å². The van der Waals surface area contributed by atoms with E-state index in [0.29, 0.717) is 30.3 Å². The van der Waals surface area contributed by atoms with Crippen LogP contribution in [0.2, 0.25) is 0 Å². The van der Waals surface area contributed by atoms with Crippen molar-refractivity contribution in [3.05, 3.63) is 42.2 Å². The summed E-state index contributed by atoms with van der Waals surface area (Å²) in [5.74, 6) is 1.65. The molecule has 2 aromatic rings. The standard InChI is InChI=1S/C21H26N4O4/c1-16(26)17-5-7-18(8-6-17)29-14-20(27)22-9-12-28-21-13-19(23-15-24-21)25-10-3-2-4-11-25/h5-8,13,15H,2-4,9-12,14H2,1H3,(H,22,27). The third kappa shape index (κ3) is 6.44. The minimum atomic E-state index is -0.249. The van der Waals surface area contributed by atoms with Gasteiger partial charge in [0.1, 0.15) is 24.5 Å². The van der Waals surface area contributed by atoms with Gasteiger partial charge in [-0.05, 0) is 50.5 Å². The summed E-state index contributed by atoms with van der Waals surface area (Å²) in [5, 5.41) is 2.73. The number of hydrogen-bond donors (Lipinski definition) is 1. The maximum Gasteiger partial charge on any atom is 0.258 e. The number of anilines is 1. The maximum atomic E-state index is 11.9. The Kier molecular flexibility index (Phi) is 7.38. The van der Waals surface area contributed by atoms with Gasteiger partial charge in [-0.25, -0.2) is 9.97 Å². The second kappa shape index (κ2) is 10.4. The molecule has 1 aliphatic rings. The molecular formula is C21H26N4O4. The number of Topliss-reactive ketones (excluding diaryl/α,β-unsaturated/α-hetero) is 1. The molecule has 1 amide bonds. The van der Waals surface area contributed by atoms with Gasteiger partial charge in [-0.15, -0.1) is 0 Å². The van der Waals surface area contributed by atoms with Crippen molar-refractivity contribution in [3.8, 4) is 11.6 Å². The second-order valence-electron chi connectivity index (χ2n) is 6.83. The Balaban J connectivity index is 1.35. The van der Waals surface area contributed by atoms with Crippen LogP contribution >= 0.6 is 0 Å². The summed E-state index contributed by atoms with van der Waals surface area (Å²) in [7, 11) is 0. The zero-order chi connectivity index (χ0) is 20.5. The molecule has 3 rings (SSSR count). The smallest absolute Gasteiger partial charge is 0.258 e. The van der Waals surface area contributed by atoms with Crippen LogP contribution in [0, 0.1) is 0 Å². The van der Waals surface area contributed by atoms with Crippen molar-refractivity contribution in [1.29, 1.82) is 0 Å². The number of rotatable bonds is 9. The minimum absolute atomic E-state index is 0.0129. The Labute approximate surface area is 170 Å². The molecule has 1 aromatic carbocycles. The van der Waals surface area contributed by atoms with Crippen LogP contribution in [0.15, 0.2) is 36.7 Å². The first-order chi connectivity index (χ1) is 14.1. The average Bonchev–Trinajstić information content (AvgIpc) is 2.76. The monoisotopic (exact) mass is 398 g/mol. The van der Waals surface area contributed by atoms with E-state index in [0.717, 1.165) is 18.9 Å². The molecule has 8 nitrogen and oxygen atoms in total. The molecular weight excluding hydrogens is 372 g/mol. The SMILES string of the molecule is CC(=O)c1ccc(OCC(=O)NCCOc2cc(N3CCCCC3)ncn2)cc1. The first-order valence-corrected chi connectivity index (χ1v) is 9.82. The number of benzene rings is 1. The van der Waals surface area contributed by atoms with Gasteiger partial charge in [0.25, 0.3) is 5.91 Å². The molecule has 1 aliphatic heterocycles. The number of piperidine rings is 1. The lowest BCUT2D eigenvalue weighted by atomic mass is 10.1. The molecule has 1 aromatic heterocycles. The molecule has 1 fully saturated rings. The van der Waals surface area contributed by atoms with Gasteiger partial charge in [-0.1, -0.05) is 0 Å². The number of nitrogens with zero attached hydrogens (tertiary/aromatic N) is 3. The lowest BCUT2D eigenvalue weighted by Gasteiger charge is -2.27. The van der Waals surface area contributed by atoms with Crippen LogP contribution in [-0.2, 0) is 4.79 Å². The van der Waals surface area contributed by atoms with E-state index in [1.54, 1.807) is 24.3 Å². The van der Waals surface area contributed by atoms with E-state index in [-0.39, 0.29) is 18.3 Å². The van der Waals surface area contributed by atoms with E-state index < -0.39 is 0 Å². The summed E-state index contributed by atoms with van der Waals surface area (Å²) < 4.78 is 11.0. The van der Waals surface area contributed by atoms with E-state index in [1.807, 2.05) is 6.07 Å². The van der Waals surface area contributed by atoms with Crippen LogP contribution in [0.25, 0.3) is 0 Å². The van der Waals surface area contributed by atoms with Gasteiger partial charge < -0.3 is 19.7 Å².